The van der Waals surface area contributed by atoms with Gasteiger partial charge in [-0.1, -0.05) is 12.2 Å². The first-order valence-corrected chi connectivity index (χ1v) is 6.84. The second-order valence-corrected chi connectivity index (χ2v) is 6.16. The van der Waals surface area contributed by atoms with E-state index in [0.29, 0.717) is 12.0 Å². The summed E-state index contributed by atoms with van der Waals surface area (Å²) in [6.07, 6.45) is 3.56. The largest absolute Gasteiger partial charge is 0.454 e. The highest BCUT2D eigenvalue weighted by molar-refractivity contribution is 5.91. The third-order valence-electron chi connectivity index (χ3n) is 4.58. The van der Waals surface area contributed by atoms with Crippen molar-refractivity contribution in [3.05, 3.63) is 23.8 Å². The van der Waals surface area contributed by atoms with Crippen molar-refractivity contribution in [2.24, 2.45) is 5.92 Å². The van der Waals surface area contributed by atoms with Crippen molar-refractivity contribution in [2.45, 2.75) is 57.0 Å². The summed E-state index contributed by atoms with van der Waals surface area (Å²) in [5.41, 5.74) is 1.29. The summed E-state index contributed by atoms with van der Waals surface area (Å²) in [4.78, 5) is 11.7. The number of fused-ring (bicyclic) bond motifs is 2. The van der Waals surface area contributed by atoms with Gasteiger partial charge in [0.15, 0.2) is 0 Å². The average Bonchev–Trinajstić information content (AvgIpc) is 2.86. The van der Waals surface area contributed by atoms with E-state index < -0.39 is 12.1 Å². The number of aliphatic hydroxyl groups excluding tert-OH is 1. The van der Waals surface area contributed by atoms with E-state index >= 15 is 0 Å². The Morgan fingerprint density at radius 3 is 3.00 bits per heavy atom. The first-order chi connectivity index (χ1) is 8.90. The van der Waals surface area contributed by atoms with Crippen LogP contribution < -0.4 is 0 Å². The molecule has 2 saturated heterocycles. The molecule has 4 nitrogen and oxygen atoms in total. The minimum atomic E-state index is -0.652. The molecule has 3 aliphatic rings. The molecular weight excluding hydrogens is 244 g/mol. The number of ether oxygens (including phenoxy) is 2. The topological polar surface area (TPSA) is 59.1 Å². The Bertz CT molecular complexity index is 467. The first-order valence-electron chi connectivity index (χ1n) is 6.84. The summed E-state index contributed by atoms with van der Waals surface area (Å²) >= 11 is 0. The van der Waals surface area contributed by atoms with E-state index in [1.54, 1.807) is 0 Å². The lowest BCUT2D eigenvalue weighted by atomic mass is 9.83. The SMILES string of the molecule is C=C1C(=O)O[C@@H]2/C=C(\C)CC[C@H]3O[C@@]3(C)C[C@H](O)[C@@H]12. The maximum absolute atomic E-state index is 11.7. The van der Waals surface area contributed by atoms with E-state index in [1.807, 2.05) is 19.9 Å². The second-order valence-electron chi connectivity index (χ2n) is 6.16. The molecule has 0 radical (unpaired) electrons. The van der Waals surface area contributed by atoms with Crippen LogP contribution in [0.1, 0.15) is 33.1 Å². The van der Waals surface area contributed by atoms with Gasteiger partial charge in [0.1, 0.15) is 6.10 Å². The van der Waals surface area contributed by atoms with Crippen molar-refractivity contribution in [3.8, 4) is 0 Å². The molecule has 0 aromatic heterocycles. The maximum atomic E-state index is 11.7. The van der Waals surface area contributed by atoms with Gasteiger partial charge in [-0.3, -0.25) is 0 Å². The molecule has 0 aromatic carbocycles. The summed E-state index contributed by atoms with van der Waals surface area (Å²) in [5, 5.41) is 10.4. The molecule has 104 valence electrons. The lowest BCUT2D eigenvalue weighted by Crippen LogP contribution is -2.33. The van der Waals surface area contributed by atoms with E-state index in [-0.39, 0.29) is 23.7 Å². The van der Waals surface area contributed by atoms with Crippen LogP contribution in [0.5, 0.6) is 0 Å². The van der Waals surface area contributed by atoms with E-state index in [0.717, 1.165) is 12.8 Å². The second kappa shape index (κ2) is 4.18. The zero-order valence-corrected chi connectivity index (χ0v) is 11.4. The molecule has 3 rings (SSSR count). The Hall–Kier alpha value is -1.13. The highest BCUT2D eigenvalue weighted by Crippen LogP contribution is 2.46. The van der Waals surface area contributed by atoms with Crippen molar-refractivity contribution in [1.82, 2.24) is 0 Å². The minimum Gasteiger partial charge on any atom is -0.454 e. The van der Waals surface area contributed by atoms with E-state index in [2.05, 4.69) is 6.58 Å². The van der Waals surface area contributed by atoms with Crippen LogP contribution in [0.15, 0.2) is 23.8 Å². The summed E-state index contributed by atoms with van der Waals surface area (Å²) < 4.78 is 11.0. The fraction of sp³-hybridized carbons (Fsp3) is 0.667. The number of epoxide rings is 1. The van der Waals surface area contributed by atoms with E-state index in [4.69, 9.17) is 9.47 Å². The van der Waals surface area contributed by atoms with Gasteiger partial charge < -0.3 is 14.6 Å². The van der Waals surface area contributed by atoms with Gasteiger partial charge in [0.2, 0.25) is 0 Å². The molecule has 0 amide bonds. The Morgan fingerprint density at radius 1 is 1.53 bits per heavy atom. The summed E-state index contributed by atoms with van der Waals surface area (Å²) in [7, 11) is 0. The monoisotopic (exact) mass is 264 g/mol. The van der Waals surface area contributed by atoms with E-state index in [9.17, 15) is 9.90 Å². The van der Waals surface area contributed by atoms with Crippen LogP contribution in [-0.2, 0) is 14.3 Å². The Labute approximate surface area is 113 Å². The Kier molecular flexibility index (Phi) is 2.84. The highest BCUT2D eigenvalue weighted by Gasteiger charge is 2.55. The summed E-state index contributed by atoms with van der Waals surface area (Å²) in [6, 6.07) is 0. The fourth-order valence-electron chi connectivity index (χ4n) is 3.30. The van der Waals surface area contributed by atoms with Crippen LogP contribution in [0.2, 0.25) is 0 Å². The third-order valence-corrected chi connectivity index (χ3v) is 4.58. The summed E-state index contributed by atoms with van der Waals surface area (Å²) in [6.45, 7) is 7.83. The van der Waals surface area contributed by atoms with Gasteiger partial charge in [-0.2, -0.15) is 0 Å². The number of esters is 1. The van der Waals surface area contributed by atoms with Gasteiger partial charge in [-0.05, 0) is 32.8 Å². The Balaban J connectivity index is 1.92. The lowest BCUT2D eigenvalue weighted by molar-refractivity contribution is -0.137. The fourth-order valence-corrected chi connectivity index (χ4v) is 3.30. The molecule has 1 aliphatic carbocycles. The van der Waals surface area contributed by atoms with Crippen molar-refractivity contribution in [1.29, 1.82) is 0 Å². The highest BCUT2D eigenvalue weighted by atomic mass is 16.6. The van der Waals surface area contributed by atoms with E-state index in [1.165, 1.54) is 5.57 Å². The predicted molar refractivity (Wildman–Crippen MR) is 69.4 cm³/mol. The normalized spacial score (nSPS) is 48.7. The molecule has 0 aromatic rings. The Morgan fingerprint density at radius 2 is 2.26 bits per heavy atom. The maximum Gasteiger partial charge on any atom is 0.334 e. The zero-order valence-electron chi connectivity index (χ0n) is 11.4. The number of hydrogen-bond acceptors (Lipinski definition) is 4. The van der Waals surface area contributed by atoms with Crippen LogP contribution in [0.4, 0.5) is 0 Å². The van der Waals surface area contributed by atoms with Gasteiger partial charge in [-0.25, -0.2) is 4.79 Å². The number of carbonyl (C=O) groups excluding carboxylic acids is 1. The smallest absolute Gasteiger partial charge is 0.334 e. The lowest BCUT2D eigenvalue weighted by Gasteiger charge is -2.24. The molecule has 5 atom stereocenters. The number of aliphatic hydroxyl groups is 1. The molecule has 19 heavy (non-hydrogen) atoms. The summed E-state index contributed by atoms with van der Waals surface area (Å²) in [5.74, 6) is -0.738. The molecule has 0 saturated carbocycles. The quantitative estimate of drug-likeness (QED) is 0.313. The van der Waals surface area contributed by atoms with Crippen LogP contribution in [0.25, 0.3) is 0 Å². The third kappa shape index (κ3) is 2.13. The zero-order chi connectivity index (χ0) is 13.8. The number of rotatable bonds is 0. The van der Waals surface area contributed by atoms with Gasteiger partial charge in [0.25, 0.3) is 0 Å². The van der Waals surface area contributed by atoms with Gasteiger partial charge in [0, 0.05) is 12.0 Å². The van der Waals surface area contributed by atoms with Gasteiger partial charge >= 0.3 is 5.97 Å². The number of hydrogen-bond donors (Lipinski definition) is 1. The van der Waals surface area contributed by atoms with Crippen LogP contribution in [0.3, 0.4) is 0 Å². The molecule has 2 aliphatic heterocycles. The molecule has 4 heteroatoms. The molecule has 0 bridgehead atoms. The number of allylic oxidation sites excluding steroid dienone is 1. The van der Waals surface area contributed by atoms with Crippen molar-refractivity contribution >= 4 is 5.97 Å². The van der Waals surface area contributed by atoms with Crippen molar-refractivity contribution in [3.63, 3.8) is 0 Å². The van der Waals surface area contributed by atoms with Gasteiger partial charge in [-0.15, -0.1) is 0 Å². The van der Waals surface area contributed by atoms with Crippen LogP contribution >= 0.6 is 0 Å². The first kappa shape index (κ1) is 12.9. The van der Waals surface area contributed by atoms with Gasteiger partial charge in [0.05, 0.1) is 23.7 Å². The van der Waals surface area contributed by atoms with Crippen LogP contribution in [0, 0.1) is 5.92 Å². The number of carbonyl (C=O) groups is 1. The van der Waals surface area contributed by atoms with Crippen LogP contribution in [-0.4, -0.2) is 35.0 Å². The standard InChI is InChI=1S/C15H20O4/c1-8-4-5-12-15(3,19-12)7-10(16)13-9(2)14(17)18-11(13)6-8/h6,10-13,16H,2,4-5,7H2,1,3H3/b8-6+/t10-,11+,12+,13+,15-/m0/s1. The van der Waals surface area contributed by atoms with Crippen molar-refractivity contribution in [2.75, 3.05) is 0 Å². The predicted octanol–water partition coefficient (Wildman–Crippen LogP) is 1.73. The molecular formula is C15H20O4. The molecule has 0 spiro atoms. The molecule has 2 heterocycles. The molecule has 0 unspecified atom stereocenters. The molecule has 2 fully saturated rings. The average molecular weight is 264 g/mol. The van der Waals surface area contributed by atoms with Crippen molar-refractivity contribution < 1.29 is 19.4 Å². The minimum absolute atomic E-state index is 0.216. The molecule has 1 N–H and O–H groups in total.